The van der Waals surface area contributed by atoms with E-state index in [9.17, 15) is 0 Å². The van der Waals surface area contributed by atoms with Crippen molar-refractivity contribution in [2.75, 3.05) is 18.8 Å². The highest BCUT2D eigenvalue weighted by atomic mass is 32.2. The summed E-state index contributed by atoms with van der Waals surface area (Å²) >= 11 is 1.98. The van der Waals surface area contributed by atoms with Gasteiger partial charge in [-0.2, -0.15) is 0 Å². The van der Waals surface area contributed by atoms with Crippen molar-refractivity contribution in [1.82, 2.24) is 4.90 Å². The molecule has 0 bridgehead atoms. The zero-order valence-electron chi connectivity index (χ0n) is 10.9. The van der Waals surface area contributed by atoms with Crippen LogP contribution >= 0.6 is 11.8 Å². The maximum absolute atomic E-state index is 2.66. The van der Waals surface area contributed by atoms with Crippen molar-refractivity contribution >= 4 is 11.8 Å². The summed E-state index contributed by atoms with van der Waals surface area (Å²) in [6, 6.07) is 11.5. The molecular formula is C15H23NS. The summed E-state index contributed by atoms with van der Waals surface area (Å²) in [6.07, 6.45) is 2.78. The molecule has 17 heavy (non-hydrogen) atoms. The zero-order chi connectivity index (χ0) is 12.1. The second kappa shape index (κ2) is 6.46. The van der Waals surface area contributed by atoms with E-state index in [0.717, 1.165) is 12.0 Å². The Hall–Kier alpha value is -0.470. The van der Waals surface area contributed by atoms with Gasteiger partial charge in [-0.05, 0) is 37.8 Å². The molecule has 94 valence electrons. The fraction of sp³-hybridized carbons (Fsp3) is 0.600. The van der Waals surface area contributed by atoms with Gasteiger partial charge in [0.2, 0.25) is 0 Å². The van der Waals surface area contributed by atoms with E-state index in [0.29, 0.717) is 0 Å². The number of likely N-dealkylation sites (tertiary alicyclic amines) is 1. The molecule has 0 amide bonds. The minimum Gasteiger partial charge on any atom is -0.300 e. The van der Waals surface area contributed by atoms with Crippen molar-refractivity contribution in [2.45, 2.75) is 37.6 Å². The van der Waals surface area contributed by atoms with Gasteiger partial charge < -0.3 is 0 Å². The Labute approximate surface area is 110 Å². The molecule has 1 aliphatic rings. The van der Waals surface area contributed by atoms with Crippen molar-refractivity contribution in [3.8, 4) is 0 Å². The minimum absolute atomic E-state index is 0.780. The molecule has 0 aliphatic carbocycles. The molecule has 1 aromatic carbocycles. The first kappa shape index (κ1) is 13.0. The SMILES string of the molecule is CC1CCC(C)N(CCSc2ccccc2)C1. The maximum atomic E-state index is 2.66. The van der Waals surface area contributed by atoms with Gasteiger partial charge in [-0.1, -0.05) is 25.1 Å². The Morgan fingerprint density at radius 1 is 1.18 bits per heavy atom. The van der Waals surface area contributed by atoms with Gasteiger partial charge in [0, 0.05) is 29.8 Å². The summed E-state index contributed by atoms with van der Waals surface area (Å²) < 4.78 is 0. The van der Waals surface area contributed by atoms with Gasteiger partial charge in [0.15, 0.2) is 0 Å². The Morgan fingerprint density at radius 2 is 1.94 bits per heavy atom. The van der Waals surface area contributed by atoms with Gasteiger partial charge >= 0.3 is 0 Å². The van der Waals surface area contributed by atoms with Crippen molar-refractivity contribution in [2.24, 2.45) is 5.92 Å². The molecule has 2 atom stereocenters. The predicted molar refractivity (Wildman–Crippen MR) is 76.6 cm³/mol. The summed E-state index contributed by atoms with van der Waals surface area (Å²) in [7, 11) is 0. The fourth-order valence-electron chi connectivity index (χ4n) is 2.49. The molecule has 0 radical (unpaired) electrons. The molecular weight excluding hydrogens is 226 g/mol. The van der Waals surface area contributed by atoms with Gasteiger partial charge in [0.25, 0.3) is 0 Å². The van der Waals surface area contributed by atoms with Crippen LogP contribution in [0.3, 0.4) is 0 Å². The van der Waals surface area contributed by atoms with Crippen molar-refractivity contribution in [3.63, 3.8) is 0 Å². The second-order valence-electron chi connectivity index (χ2n) is 5.19. The van der Waals surface area contributed by atoms with Crippen molar-refractivity contribution in [3.05, 3.63) is 30.3 Å². The monoisotopic (exact) mass is 249 g/mol. The topological polar surface area (TPSA) is 3.24 Å². The summed E-state index contributed by atoms with van der Waals surface area (Å²) in [5.41, 5.74) is 0. The van der Waals surface area contributed by atoms with E-state index in [2.05, 4.69) is 49.1 Å². The Morgan fingerprint density at radius 3 is 2.71 bits per heavy atom. The quantitative estimate of drug-likeness (QED) is 0.745. The molecule has 2 rings (SSSR count). The van der Waals surface area contributed by atoms with E-state index in [1.807, 2.05) is 11.8 Å². The first-order valence-electron chi connectivity index (χ1n) is 6.67. The number of hydrogen-bond donors (Lipinski definition) is 0. The Balaban J connectivity index is 1.74. The standard InChI is InChI=1S/C15H23NS/c1-13-8-9-14(2)16(12-13)10-11-17-15-6-4-3-5-7-15/h3-7,13-14H,8-12H2,1-2H3. The Kier molecular flexibility index (Phi) is 4.93. The summed E-state index contributed by atoms with van der Waals surface area (Å²) in [5.74, 6) is 2.09. The molecule has 2 heteroatoms. The van der Waals surface area contributed by atoms with Crippen molar-refractivity contribution < 1.29 is 0 Å². The van der Waals surface area contributed by atoms with E-state index in [-0.39, 0.29) is 0 Å². The predicted octanol–water partition coefficient (Wildman–Crippen LogP) is 3.90. The molecule has 1 saturated heterocycles. The van der Waals surface area contributed by atoms with Gasteiger partial charge in [-0.3, -0.25) is 4.90 Å². The molecule has 1 aliphatic heterocycles. The van der Waals surface area contributed by atoms with Crippen LogP contribution in [0.1, 0.15) is 26.7 Å². The van der Waals surface area contributed by atoms with E-state index in [1.165, 1.54) is 36.6 Å². The highest BCUT2D eigenvalue weighted by Gasteiger charge is 2.21. The van der Waals surface area contributed by atoms with E-state index in [1.54, 1.807) is 0 Å². The van der Waals surface area contributed by atoms with Gasteiger partial charge in [-0.15, -0.1) is 11.8 Å². The number of piperidine rings is 1. The van der Waals surface area contributed by atoms with E-state index in [4.69, 9.17) is 0 Å². The molecule has 0 aromatic heterocycles. The highest BCUT2D eigenvalue weighted by molar-refractivity contribution is 7.99. The Bertz CT molecular complexity index is 325. The highest BCUT2D eigenvalue weighted by Crippen LogP contribution is 2.23. The number of hydrogen-bond acceptors (Lipinski definition) is 2. The summed E-state index contributed by atoms with van der Waals surface area (Å²) in [6.45, 7) is 7.27. The van der Waals surface area contributed by atoms with Crippen molar-refractivity contribution in [1.29, 1.82) is 0 Å². The van der Waals surface area contributed by atoms with Crippen LogP contribution < -0.4 is 0 Å². The number of thioether (sulfide) groups is 1. The summed E-state index contributed by atoms with van der Waals surface area (Å²) in [4.78, 5) is 4.05. The van der Waals surface area contributed by atoms with Gasteiger partial charge in [-0.25, -0.2) is 0 Å². The van der Waals surface area contributed by atoms with Gasteiger partial charge in [0.05, 0.1) is 0 Å². The average Bonchev–Trinajstić information content (AvgIpc) is 2.35. The molecule has 1 fully saturated rings. The third-order valence-corrected chi connectivity index (χ3v) is 4.63. The largest absolute Gasteiger partial charge is 0.300 e. The molecule has 2 unspecified atom stereocenters. The smallest absolute Gasteiger partial charge is 0.0108 e. The van der Waals surface area contributed by atoms with Crippen LogP contribution in [0.4, 0.5) is 0 Å². The van der Waals surface area contributed by atoms with Crippen LogP contribution in [0.5, 0.6) is 0 Å². The average molecular weight is 249 g/mol. The normalized spacial score (nSPS) is 26.0. The first-order valence-corrected chi connectivity index (χ1v) is 7.66. The molecule has 1 aromatic rings. The van der Waals surface area contributed by atoms with E-state index < -0.39 is 0 Å². The summed E-state index contributed by atoms with van der Waals surface area (Å²) in [5, 5.41) is 0. The molecule has 0 saturated carbocycles. The van der Waals surface area contributed by atoms with Crippen LogP contribution in [-0.2, 0) is 0 Å². The molecule has 0 N–H and O–H groups in total. The molecule has 1 nitrogen and oxygen atoms in total. The van der Waals surface area contributed by atoms with Crippen LogP contribution in [0.25, 0.3) is 0 Å². The van der Waals surface area contributed by atoms with Crippen LogP contribution in [0.2, 0.25) is 0 Å². The van der Waals surface area contributed by atoms with Crippen LogP contribution in [-0.4, -0.2) is 29.8 Å². The molecule has 1 heterocycles. The fourth-order valence-corrected chi connectivity index (χ4v) is 3.40. The number of nitrogens with zero attached hydrogens (tertiary/aromatic N) is 1. The second-order valence-corrected chi connectivity index (χ2v) is 6.36. The number of benzene rings is 1. The lowest BCUT2D eigenvalue weighted by Crippen LogP contribution is -2.42. The lowest BCUT2D eigenvalue weighted by molar-refractivity contribution is 0.133. The minimum atomic E-state index is 0.780. The van der Waals surface area contributed by atoms with E-state index >= 15 is 0 Å². The third-order valence-electron chi connectivity index (χ3n) is 3.64. The number of rotatable bonds is 4. The first-order chi connectivity index (χ1) is 8.25. The van der Waals surface area contributed by atoms with Crippen LogP contribution in [0, 0.1) is 5.92 Å². The third kappa shape index (κ3) is 4.04. The molecule has 0 spiro atoms. The van der Waals surface area contributed by atoms with Gasteiger partial charge in [0.1, 0.15) is 0 Å². The zero-order valence-corrected chi connectivity index (χ0v) is 11.7. The van der Waals surface area contributed by atoms with Crippen LogP contribution in [0.15, 0.2) is 35.2 Å². The lowest BCUT2D eigenvalue weighted by Gasteiger charge is -2.36. The lowest BCUT2D eigenvalue weighted by atomic mass is 9.95. The maximum Gasteiger partial charge on any atom is 0.0108 e.